The quantitative estimate of drug-likeness (QED) is 0.144. The van der Waals surface area contributed by atoms with Gasteiger partial charge in [-0.25, -0.2) is 20.3 Å². The van der Waals surface area contributed by atoms with Crippen molar-refractivity contribution in [3.8, 4) is 0 Å². The highest BCUT2D eigenvalue weighted by Gasteiger charge is 2.54. The maximum absolute atomic E-state index is 4.26. The Morgan fingerprint density at radius 2 is 0.381 bits per heavy atom. The van der Waals surface area contributed by atoms with Gasteiger partial charge in [0.05, 0.1) is 49.3 Å². The highest BCUT2D eigenvalue weighted by molar-refractivity contribution is 14.1. The van der Waals surface area contributed by atoms with Crippen LogP contribution in [-0.4, -0.2) is 62.3 Å². The Morgan fingerprint density at radius 3 is 0.500 bits per heavy atom. The fourth-order valence-corrected chi connectivity index (χ4v) is 12.0. The molecule has 5 aliphatic heterocycles. The van der Waals surface area contributed by atoms with Crippen LogP contribution in [0, 0.1) is 47.3 Å². The van der Waals surface area contributed by atoms with Gasteiger partial charge in [0.1, 0.15) is 0 Å². The highest BCUT2D eigenvalue weighted by Crippen LogP contribution is 2.45. The molecular weight excluding hydrogens is 650 g/mol. The van der Waals surface area contributed by atoms with E-state index >= 15 is 0 Å². The van der Waals surface area contributed by atoms with Crippen molar-refractivity contribution in [2.75, 3.05) is 0 Å². The van der Waals surface area contributed by atoms with Crippen LogP contribution in [0.25, 0.3) is 0 Å². The Balaban J connectivity index is 0.00000131. The van der Waals surface area contributed by atoms with Crippen molar-refractivity contribution in [2.45, 2.75) is 152 Å². The molecule has 0 aromatic rings. The van der Waals surface area contributed by atoms with Crippen molar-refractivity contribution in [2.24, 2.45) is 47.3 Å². The van der Waals surface area contributed by atoms with Crippen molar-refractivity contribution in [3.63, 3.8) is 0 Å². The summed E-state index contributed by atoms with van der Waals surface area (Å²) in [6, 6.07) is 0. The second-order valence-electron chi connectivity index (χ2n) is 15.6. The molecular formula is C32H58AlIN8. The minimum Gasteiger partial charge on any atom is -0.286 e. The van der Waals surface area contributed by atoms with Crippen LogP contribution < -0.4 is 42.5 Å². The zero-order chi connectivity index (χ0) is 28.2. The minimum atomic E-state index is 0.420. The molecule has 0 amide bonds. The summed E-state index contributed by atoms with van der Waals surface area (Å²) < 4.78 is 0. The van der Waals surface area contributed by atoms with Crippen LogP contribution in [0.15, 0.2) is 0 Å². The van der Waals surface area contributed by atoms with E-state index in [0.29, 0.717) is 49.3 Å². The van der Waals surface area contributed by atoms with Gasteiger partial charge in [0, 0.05) is 0 Å². The molecule has 9 aliphatic rings. The van der Waals surface area contributed by atoms with E-state index in [-0.39, 0.29) is 0 Å². The largest absolute Gasteiger partial charge is 0.313 e. The van der Waals surface area contributed by atoms with Gasteiger partial charge in [0.15, 0.2) is 0 Å². The molecule has 236 valence electrons. The van der Waals surface area contributed by atoms with Gasteiger partial charge in [-0.05, 0) is 98.7 Å². The molecule has 8 nitrogen and oxygen atoms in total. The number of halogens is 1. The zero-order valence-electron chi connectivity index (χ0n) is 25.9. The molecule has 4 saturated carbocycles. The number of hydrogen-bond acceptors (Lipinski definition) is 8. The topological polar surface area (TPSA) is 96.2 Å². The Kier molecular flexibility index (Phi) is 9.53. The molecule has 0 aromatic heterocycles. The first kappa shape index (κ1) is 30.3. The van der Waals surface area contributed by atoms with Gasteiger partial charge in [-0.3, -0.25) is 42.5 Å². The summed E-state index contributed by atoms with van der Waals surface area (Å²) in [5.41, 5.74) is 0. The number of nitrogens with one attached hydrogen (secondary N) is 8. The molecule has 10 heteroatoms. The fourth-order valence-electron chi connectivity index (χ4n) is 12.0. The summed E-state index contributed by atoms with van der Waals surface area (Å²) in [6.07, 6.45) is 25.6. The summed E-state index contributed by atoms with van der Waals surface area (Å²) in [4.78, 5) is 0. The third-order valence-corrected chi connectivity index (χ3v) is 13.8. The number of hydrogen-bond donors (Lipinski definition) is 8. The molecule has 8 atom stereocenters. The monoisotopic (exact) mass is 708 g/mol. The van der Waals surface area contributed by atoms with Crippen LogP contribution >= 0.6 is 20.3 Å². The second kappa shape index (κ2) is 13.2. The van der Waals surface area contributed by atoms with Gasteiger partial charge in [-0.1, -0.05) is 51.4 Å². The van der Waals surface area contributed by atoms with Crippen LogP contribution in [0.4, 0.5) is 0 Å². The van der Waals surface area contributed by atoms with Gasteiger partial charge in [0.25, 0.3) is 0 Å². The third kappa shape index (κ3) is 5.50. The third-order valence-electron chi connectivity index (χ3n) is 13.8. The van der Waals surface area contributed by atoms with E-state index in [0.717, 1.165) is 47.3 Å². The van der Waals surface area contributed by atoms with Crippen LogP contribution in [-0.2, 0) is 0 Å². The SMILES string of the molecule is C1CCC2C3NC(NC4NC(NC5NC(NC6NC(N3)C3CCCCC63)C3CCCCC53)C3CCCCC43)C2C1.[AlH2][I]. The Bertz CT molecular complexity index is 723. The first-order valence-corrected chi connectivity index (χ1v) is 25.5. The predicted octanol–water partition coefficient (Wildman–Crippen LogP) is 2.58. The van der Waals surface area contributed by atoms with E-state index in [1.807, 2.05) is 0 Å². The van der Waals surface area contributed by atoms with Gasteiger partial charge >= 0.3 is 13.0 Å². The van der Waals surface area contributed by atoms with E-state index < -0.39 is 0 Å². The van der Waals surface area contributed by atoms with Crippen LogP contribution in [0.5, 0.6) is 0 Å². The van der Waals surface area contributed by atoms with Gasteiger partial charge in [-0.2, -0.15) is 0 Å². The highest BCUT2D eigenvalue weighted by atomic mass is 127. The van der Waals surface area contributed by atoms with E-state index in [1.54, 1.807) is 0 Å². The molecule has 0 spiro atoms. The average molecular weight is 709 g/mol. The number of rotatable bonds is 0. The lowest BCUT2D eigenvalue weighted by atomic mass is 9.76. The van der Waals surface area contributed by atoms with Crippen molar-refractivity contribution < 1.29 is 0 Å². The zero-order valence-corrected chi connectivity index (χ0v) is 30.1. The predicted molar refractivity (Wildman–Crippen MR) is 180 cm³/mol. The van der Waals surface area contributed by atoms with E-state index in [2.05, 4.69) is 62.8 Å². The van der Waals surface area contributed by atoms with Crippen molar-refractivity contribution in [1.82, 2.24) is 42.5 Å². The fraction of sp³-hybridized carbons (Fsp3) is 1.00. The Labute approximate surface area is 273 Å². The molecule has 8 N–H and O–H groups in total. The molecule has 9 rings (SSSR count). The maximum Gasteiger partial charge on any atom is 0.313 e. The standard InChI is InChI=1S/C32H56N8.Al.HI.2H/c1-2-10-18-17(9-1)25-33-26(18)38-28-21-13-5-6-14-22(21)30(35-28)40-32-24-16-8-7-15-23(24)31(36-32)39-29-20-12-4-3-11-19(20)27(34-29)37-25;;;;/h17-40H,1-16H2;;1H;;/q;+1;;;/p-1. The van der Waals surface area contributed by atoms with Crippen LogP contribution in [0.1, 0.15) is 103 Å². The van der Waals surface area contributed by atoms with E-state index in [1.165, 1.54) is 116 Å². The normalized spacial score (nSPS) is 55.0. The second-order valence-corrected chi connectivity index (χ2v) is 15.6. The van der Waals surface area contributed by atoms with Gasteiger partial charge < -0.3 is 0 Å². The lowest BCUT2D eigenvalue weighted by Crippen LogP contribution is -2.61. The molecule has 4 aliphatic carbocycles. The molecule has 0 aromatic carbocycles. The molecule has 8 bridgehead atoms. The first-order chi connectivity index (χ1) is 20.8. The number of fused-ring (bicyclic) bond motifs is 20. The smallest absolute Gasteiger partial charge is 0.286 e. The summed E-state index contributed by atoms with van der Waals surface area (Å²) >= 11 is 3.56. The molecule has 0 radical (unpaired) electrons. The van der Waals surface area contributed by atoms with Crippen molar-refractivity contribution in [1.29, 1.82) is 0 Å². The molecule has 8 unspecified atom stereocenters. The summed E-state index contributed by atoms with van der Waals surface area (Å²) in [7, 11) is 0. The van der Waals surface area contributed by atoms with E-state index in [4.69, 9.17) is 0 Å². The Hall–Kier alpha value is 0.942. The van der Waals surface area contributed by atoms with Crippen molar-refractivity contribution in [3.05, 3.63) is 0 Å². The van der Waals surface area contributed by atoms with Crippen LogP contribution in [0.3, 0.4) is 0 Å². The summed E-state index contributed by atoms with van der Waals surface area (Å²) in [5.74, 6) is 5.97. The lowest BCUT2D eigenvalue weighted by Gasteiger charge is -2.35. The van der Waals surface area contributed by atoms with Crippen LogP contribution in [0.2, 0.25) is 0 Å². The first-order valence-electron chi connectivity index (χ1n) is 18.3. The minimum absolute atomic E-state index is 0.420. The average Bonchev–Trinajstić information content (AvgIpc) is 3.78. The van der Waals surface area contributed by atoms with Crippen molar-refractivity contribution >= 4 is 33.3 Å². The van der Waals surface area contributed by atoms with Gasteiger partial charge in [0.2, 0.25) is 0 Å². The van der Waals surface area contributed by atoms with Gasteiger partial charge in [-0.15, -0.1) is 0 Å². The maximum atomic E-state index is 4.26. The molecule has 42 heavy (non-hydrogen) atoms. The van der Waals surface area contributed by atoms with E-state index in [9.17, 15) is 0 Å². The molecule has 9 fully saturated rings. The lowest BCUT2D eigenvalue weighted by molar-refractivity contribution is 0.167. The molecule has 5 saturated heterocycles. The summed E-state index contributed by atoms with van der Waals surface area (Å²) in [6.45, 7) is 0. The Morgan fingerprint density at radius 1 is 0.262 bits per heavy atom. The summed E-state index contributed by atoms with van der Waals surface area (Å²) in [5, 5.41) is 33.8. The molecule has 5 heterocycles.